The summed E-state index contributed by atoms with van der Waals surface area (Å²) in [5.41, 5.74) is 1.94. The molecule has 0 aliphatic carbocycles. The number of aryl methyl sites for hydroxylation is 1. The molecule has 0 saturated heterocycles. The molecule has 1 amide bonds. The van der Waals surface area contributed by atoms with Crippen molar-refractivity contribution in [3.63, 3.8) is 0 Å². The van der Waals surface area contributed by atoms with Crippen LogP contribution in [0.2, 0.25) is 0 Å². The summed E-state index contributed by atoms with van der Waals surface area (Å²) in [4.78, 5) is 18.9. The summed E-state index contributed by atoms with van der Waals surface area (Å²) >= 11 is 0. The summed E-state index contributed by atoms with van der Waals surface area (Å²) in [7, 11) is 0. The fourth-order valence-corrected chi connectivity index (χ4v) is 2.49. The molecule has 21 heavy (non-hydrogen) atoms. The molecule has 1 N–H and O–H groups in total. The van der Waals surface area contributed by atoms with Crippen LogP contribution in [0.25, 0.3) is 11.0 Å². The van der Waals surface area contributed by atoms with E-state index in [4.69, 9.17) is 0 Å². The minimum Gasteiger partial charge on any atom is -0.353 e. The summed E-state index contributed by atoms with van der Waals surface area (Å²) in [6, 6.07) is 7.90. The van der Waals surface area contributed by atoms with Crippen LogP contribution in [0.5, 0.6) is 0 Å². The van der Waals surface area contributed by atoms with Gasteiger partial charge >= 0.3 is 0 Å². The Hall–Kier alpha value is -1.88. The number of carbonyl (C=O) groups excluding carboxylic acids is 1. The van der Waals surface area contributed by atoms with Gasteiger partial charge in [0, 0.05) is 13.1 Å². The molecule has 0 bridgehead atoms. The molecule has 0 unspecified atom stereocenters. The third kappa shape index (κ3) is 3.82. The summed E-state index contributed by atoms with van der Waals surface area (Å²) in [6.45, 7) is 10.1. The quantitative estimate of drug-likeness (QED) is 0.845. The van der Waals surface area contributed by atoms with Gasteiger partial charge in [-0.05, 0) is 32.1 Å². The molecule has 0 fully saturated rings. The molecular formula is C16H24N4O. The Kier molecular flexibility index (Phi) is 5.33. The SMILES string of the molecule is CCN(CC)CCNC(=O)Cn1c(C)nc2ccccc21. The molecule has 1 heterocycles. The first-order valence-electron chi connectivity index (χ1n) is 7.56. The van der Waals surface area contributed by atoms with Crippen molar-refractivity contribution in [2.24, 2.45) is 0 Å². The lowest BCUT2D eigenvalue weighted by Crippen LogP contribution is -2.36. The van der Waals surface area contributed by atoms with Gasteiger partial charge < -0.3 is 14.8 Å². The van der Waals surface area contributed by atoms with Gasteiger partial charge in [0.2, 0.25) is 5.91 Å². The maximum atomic E-state index is 12.1. The molecular weight excluding hydrogens is 264 g/mol. The molecule has 1 aromatic carbocycles. The largest absolute Gasteiger partial charge is 0.353 e. The van der Waals surface area contributed by atoms with Crippen LogP contribution < -0.4 is 5.32 Å². The number of para-hydroxylation sites is 2. The number of hydrogen-bond donors (Lipinski definition) is 1. The summed E-state index contributed by atoms with van der Waals surface area (Å²) in [5.74, 6) is 0.906. The Morgan fingerprint density at radius 1 is 1.29 bits per heavy atom. The van der Waals surface area contributed by atoms with Gasteiger partial charge in [-0.3, -0.25) is 4.79 Å². The molecule has 0 saturated carbocycles. The fourth-order valence-electron chi connectivity index (χ4n) is 2.49. The lowest BCUT2D eigenvalue weighted by atomic mass is 10.3. The number of amides is 1. The van der Waals surface area contributed by atoms with Gasteiger partial charge in [0.25, 0.3) is 0 Å². The molecule has 5 nitrogen and oxygen atoms in total. The Labute approximate surface area is 126 Å². The number of aromatic nitrogens is 2. The van der Waals surface area contributed by atoms with Crippen molar-refractivity contribution in [3.05, 3.63) is 30.1 Å². The number of nitrogens with one attached hydrogen (secondary N) is 1. The normalized spacial score (nSPS) is 11.2. The Bertz CT molecular complexity index is 601. The number of nitrogens with zero attached hydrogens (tertiary/aromatic N) is 3. The molecule has 0 aliphatic heterocycles. The van der Waals surface area contributed by atoms with Crippen molar-refractivity contribution < 1.29 is 4.79 Å². The molecule has 0 atom stereocenters. The zero-order valence-corrected chi connectivity index (χ0v) is 13.1. The molecule has 2 rings (SSSR count). The third-order valence-electron chi connectivity index (χ3n) is 3.79. The predicted octanol–water partition coefficient (Wildman–Crippen LogP) is 1.80. The van der Waals surface area contributed by atoms with Gasteiger partial charge in [0.15, 0.2) is 0 Å². The van der Waals surface area contributed by atoms with Crippen LogP contribution in [-0.2, 0) is 11.3 Å². The van der Waals surface area contributed by atoms with Gasteiger partial charge in [-0.15, -0.1) is 0 Å². The second kappa shape index (κ2) is 7.22. The van der Waals surface area contributed by atoms with Gasteiger partial charge in [0.05, 0.1) is 11.0 Å². The van der Waals surface area contributed by atoms with E-state index in [1.54, 1.807) is 0 Å². The van der Waals surface area contributed by atoms with Gasteiger partial charge in [-0.25, -0.2) is 4.98 Å². The first kappa shape index (κ1) is 15.5. The van der Waals surface area contributed by atoms with Crippen LogP contribution in [0.15, 0.2) is 24.3 Å². The predicted molar refractivity (Wildman–Crippen MR) is 85.3 cm³/mol. The number of imidazole rings is 1. The lowest BCUT2D eigenvalue weighted by molar-refractivity contribution is -0.121. The number of fused-ring (bicyclic) bond motifs is 1. The highest BCUT2D eigenvalue weighted by molar-refractivity contribution is 5.81. The number of likely N-dealkylation sites (N-methyl/N-ethyl adjacent to an activating group) is 1. The van der Waals surface area contributed by atoms with Crippen molar-refractivity contribution in [1.29, 1.82) is 0 Å². The fraction of sp³-hybridized carbons (Fsp3) is 0.500. The molecule has 5 heteroatoms. The molecule has 2 aromatic rings. The van der Waals surface area contributed by atoms with Gasteiger partial charge in [-0.1, -0.05) is 26.0 Å². The van der Waals surface area contributed by atoms with E-state index in [-0.39, 0.29) is 5.91 Å². The van der Waals surface area contributed by atoms with E-state index in [0.29, 0.717) is 13.1 Å². The monoisotopic (exact) mass is 288 g/mol. The van der Waals surface area contributed by atoms with Crippen LogP contribution in [0, 0.1) is 6.92 Å². The maximum Gasteiger partial charge on any atom is 0.240 e. The van der Waals surface area contributed by atoms with Crippen LogP contribution in [0.4, 0.5) is 0 Å². The standard InChI is InChI=1S/C16H24N4O/c1-4-19(5-2)11-10-17-16(21)12-20-13(3)18-14-8-6-7-9-15(14)20/h6-9H,4-5,10-12H2,1-3H3,(H,17,21). The Morgan fingerprint density at radius 3 is 2.71 bits per heavy atom. The molecule has 114 valence electrons. The second-order valence-corrected chi connectivity index (χ2v) is 5.11. The van der Waals surface area contributed by atoms with Crippen LogP contribution in [0.1, 0.15) is 19.7 Å². The zero-order valence-electron chi connectivity index (χ0n) is 13.1. The van der Waals surface area contributed by atoms with Crippen LogP contribution >= 0.6 is 0 Å². The van der Waals surface area contributed by atoms with E-state index >= 15 is 0 Å². The van der Waals surface area contributed by atoms with Crippen molar-refractivity contribution in [2.75, 3.05) is 26.2 Å². The minimum atomic E-state index is 0.0356. The Balaban J connectivity index is 1.94. The van der Waals surface area contributed by atoms with E-state index in [0.717, 1.165) is 36.5 Å². The van der Waals surface area contributed by atoms with Crippen molar-refractivity contribution in [3.8, 4) is 0 Å². The van der Waals surface area contributed by atoms with Crippen LogP contribution in [0.3, 0.4) is 0 Å². The number of rotatable bonds is 7. The summed E-state index contributed by atoms with van der Waals surface area (Å²) in [6.07, 6.45) is 0. The average molecular weight is 288 g/mol. The lowest BCUT2D eigenvalue weighted by Gasteiger charge is -2.18. The number of hydrogen-bond acceptors (Lipinski definition) is 3. The molecule has 0 aliphatic rings. The van der Waals surface area contributed by atoms with Crippen molar-refractivity contribution in [2.45, 2.75) is 27.3 Å². The van der Waals surface area contributed by atoms with E-state index in [9.17, 15) is 4.79 Å². The highest BCUT2D eigenvalue weighted by Gasteiger charge is 2.10. The molecule has 1 aromatic heterocycles. The minimum absolute atomic E-state index is 0.0356. The van der Waals surface area contributed by atoms with Gasteiger partial charge in [-0.2, -0.15) is 0 Å². The zero-order chi connectivity index (χ0) is 15.2. The third-order valence-corrected chi connectivity index (χ3v) is 3.79. The first-order chi connectivity index (χ1) is 10.2. The van der Waals surface area contributed by atoms with E-state index in [1.165, 1.54) is 0 Å². The van der Waals surface area contributed by atoms with Gasteiger partial charge in [0.1, 0.15) is 12.4 Å². The van der Waals surface area contributed by atoms with Crippen molar-refractivity contribution >= 4 is 16.9 Å². The first-order valence-corrected chi connectivity index (χ1v) is 7.56. The number of benzene rings is 1. The van der Waals surface area contributed by atoms with Crippen molar-refractivity contribution in [1.82, 2.24) is 19.8 Å². The van der Waals surface area contributed by atoms with E-state index in [2.05, 4.69) is 29.0 Å². The average Bonchev–Trinajstić information content (AvgIpc) is 2.80. The Morgan fingerprint density at radius 2 is 2.00 bits per heavy atom. The summed E-state index contributed by atoms with van der Waals surface area (Å²) < 4.78 is 1.96. The molecule has 0 spiro atoms. The highest BCUT2D eigenvalue weighted by Crippen LogP contribution is 2.14. The van der Waals surface area contributed by atoms with E-state index < -0.39 is 0 Å². The van der Waals surface area contributed by atoms with Crippen LogP contribution in [-0.4, -0.2) is 46.5 Å². The maximum absolute atomic E-state index is 12.1. The summed E-state index contributed by atoms with van der Waals surface area (Å²) in [5, 5.41) is 2.98. The topological polar surface area (TPSA) is 50.2 Å². The van der Waals surface area contributed by atoms with E-state index in [1.807, 2.05) is 35.8 Å². The smallest absolute Gasteiger partial charge is 0.240 e. The second-order valence-electron chi connectivity index (χ2n) is 5.11. The molecule has 0 radical (unpaired) electrons. The number of carbonyl (C=O) groups is 1. The highest BCUT2D eigenvalue weighted by atomic mass is 16.1.